The lowest BCUT2D eigenvalue weighted by molar-refractivity contribution is -0.135. The number of nitrogens with zero attached hydrogens (tertiary/aromatic N) is 1. The molecule has 1 aromatic rings. The van der Waals surface area contributed by atoms with Crippen LogP contribution in [0.1, 0.15) is 24.5 Å². The molecule has 1 aromatic carbocycles. The van der Waals surface area contributed by atoms with Crippen molar-refractivity contribution in [3.63, 3.8) is 0 Å². The van der Waals surface area contributed by atoms with Gasteiger partial charge in [0.15, 0.2) is 6.10 Å². The molecule has 1 heterocycles. The van der Waals surface area contributed by atoms with Gasteiger partial charge in [0.25, 0.3) is 5.91 Å². The van der Waals surface area contributed by atoms with E-state index < -0.39 is 12.0 Å². The molecule has 1 aliphatic heterocycles. The zero-order valence-electron chi connectivity index (χ0n) is 10.7. The van der Waals surface area contributed by atoms with E-state index in [9.17, 15) is 14.7 Å². The Bertz CT molecular complexity index is 441. The minimum absolute atomic E-state index is 0.0529. The van der Waals surface area contributed by atoms with Gasteiger partial charge in [-0.15, -0.1) is 0 Å². The molecule has 0 spiro atoms. The van der Waals surface area contributed by atoms with E-state index in [4.69, 9.17) is 0 Å². The van der Waals surface area contributed by atoms with Crippen LogP contribution >= 0.6 is 0 Å². The summed E-state index contributed by atoms with van der Waals surface area (Å²) in [7, 11) is 0. The molecule has 0 aliphatic carbocycles. The Hall–Kier alpha value is -1.88. The number of amides is 2. The highest BCUT2D eigenvalue weighted by molar-refractivity contribution is 5.87. The van der Waals surface area contributed by atoms with Crippen LogP contribution in [0.5, 0.6) is 0 Å². The Balaban J connectivity index is 1.82. The molecule has 1 saturated heterocycles. The van der Waals surface area contributed by atoms with Gasteiger partial charge in [-0.25, -0.2) is 0 Å². The predicted molar refractivity (Wildman–Crippen MR) is 70.2 cm³/mol. The molecule has 0 radical (unpaired) electrons. The van der Waals surface area contributed by atoms with E-state index in [-0.39, 0.29) is 12.5 Å². The second-order valence-electron chi connectivity index (χ2n) is 4.62. The third-order valence-corrected chi connectivity index (χ3v) is 3.24. The third-order valence-electron chi connectivity index (χ3n) is 3.24. The van der Waals surface area contributed by atoms with Crippen molar-refractivity contribution in [2.24, 2.45) is 0 Å². The van der Waals surface area contributed by atoms with Gasteiger partial charge in [0.2, 0.25) is 5.91 Å². The topological polar surface area (TPSA) is 69.6 Å². The van der Waals surface area contributed by atoms with Gasteiger partial charge in [-0.3, -0.25) is 9.59 Å². The van der Waals surface area contributed by atoms with Crippen LogP contribution in [0, 0.1) is 0 Å². The van der Waals surface area contributed by atoms with Crippen LogP contribution in [0.25, 0.3) is 0 Å². The average molecular weight is 262 g/mol. The van der Waals surface area contributed by atoms with E-state index in [1.165, 1.54) is 0 Å². The number of likely N-dealkylation sites (tertiary alicyclic amines) is 1. The van der Waals surface area contributed by atoms with Crippen molar-refractivity contribution in [1.82, 2.24) is 10.2 Å². The van der Waals surface area contributed by atoms with E-state index in [2.05, 4.69) is 5.32 Å². The molecule has 2 amide bonds. The maximum absolute atomic E-state index is 11.7. The van der Waals surface area contributed by atoms with Gasteiger partial charge >= 0.3 is 0 Å². The molecule has 5 nitrogen and oxygen atoms in total. The first-order valence-electron chi connectivity index (χ1n) is 6.47. The molecule has 0 aromatic heterocycles. The van der Waals surface area contributed by atoms with Crippen molar-refractivity contribution in [1.29, 1.82) is 0 Å². The minimum atomic E-state index is -1.23. The van der Waals surface area contributed by atoms with Gasteiger partial charge in [-0.1, -0.05) is 30.3 Å². The molecule has 0 unspecified atom stereocenters. The maximum Gasteiger partial charge on any atom is 0.253 e. The lowest BCUT2D eigenvalue weighted by atomic mass is 10.1. The Morgan fingerprint density at radius 3 is 2.47 bits per heavy atom. The summed E-state index contributed by atoms with van der Waals surface area (Å²) in [5.74, 6) is -0.634. The molecule has 2 N–H and O–H groups in total. The van der Waals surface area contributed by atoms with Crippen LogP contribution in [-0.2, 0) is 9.59 Å². The minimum Gasteiger partial charge on any atom is -0.378 e. The van der Waals surface area contributed by atoms with E-state index in [1.807, 2.05) is 6.07 Å². The molecule has 0 bridgehead atoms. The number of nitrogens with one attached hydrogen (secondary N) is 1. The summed E-state index contributed by atoms with van der Waals surface area (Å²) >= 11 is 0. The zero-order chi connectivity index (χ0) is 13.7. The van der Waals surface area contributed by atoms with Crippen molar-refractivity contribution in [3.8, 4) is 0 Å². The van der Waals surface area contributed by atoms with E-state index in [1.54, 1.807) is 29.2 Å². The quantitative estimate of drug-likeness (QED) is 0.828. The standard InChI is InChI=1S/C14H18N2O3/c17-12(16-8-4-5-9-16)10-15-14(19)13(18)11-6-2-1-3-7-11/h1-3,6-7,13,18H,4-5,8-10H2,(H,15,19)/t13-/m0/s1. The van der Waals surface area contributed by atoms with E-state index in [0.29, 0.717) is 5.56 Å². The number of aliphatic hydroxyl groups is 1. The largest absolute Gasteiger partial charge is 0.378 e. The summed E-state index contributed by atoms with van der Waals surface area (Å²) < 4.78 is 0. The number of hydrogen-bond acceptors (Lipinski definition) is 3. The third kappa shape index (κ3) is 3.54. The lowest BCUT2D eigenvalue weighted by Gasteiger charge is -2.16. The number of rotatable bonds is 4. The smallest absolute Gasteiger partial charge is 0.253 e. The number of carbonyl (C=O) groups excluding carboxylic acids is 2. The number of aliphatic hydroxyl groups excluding tert-OH is 1. The first-order valence-corrected chi connectivity index (χ1v) is 6.47. The van der Waals surface area contributed by atoms with Gasteiger partial charge in [-0.05, 0) is 18.4 Å². The average Bonchev–Trinajstić information content (AvgIpc) is 2.98. The van der Waals surface area contributed by atoms with E-state index >= 15 is 0 Å². The van der Waals surface area contributed by atoms with Gasteiger partial charge in [-0.2, -0.15) is 0 Å². The summed E-state index contributed by atoms with van der Waals surface area (Å²) in [4.78, 5) is 25.2. The van der Waals surface area contributed by atoms with Crippen LogP contribution in [0.2, 0.25) is 0 Å². The second kappa shape index (κ2) is 6.33. The number of carbonyl (C=O) groups is 2. The van der Waals surface area contributed by atoms with Gasteiger partial charge in [0.1, 0.15) is 0 Å². The Morgan fingerprint density at radius 1 is 1.21 bits per heavy atom. The summed E-state index contributed by atoms with van der Waals surface area (Å²) in [5, 5.41) is 12.3. The first-order chi connectivity index (χ1) is 9.18. The number of hydrogen-bond donors (Lipinski definition) is 2. The van der Waals surface area contributed by atoms with Crippen molar-refractivity contribution < 1.29 is 14.7 Å². The molecule has 1 aliphatic rings. The van der Waals surface area contributed by atoms with Crippen LogP contribution in [0.15, 0.2) is 30.3 Å². The van der Waals surface area contributed by atoms with Gasteiger partial charge in [0.05, 0.1) is 6.54 Å². The number of benzene rings is 1. The summed E-state index contributed by atoms with van der Waals surface area (Å²) in [6.07, 6.45) is 0.811. The lowest BCUT2D eigenvalue weighted by Crippen LogP contribution is -2.40. The van der Waals surface area contributed by atoms with Crippen LogP contribution < -0.4 is 5.32 Å². The molecule has 1 fully saturated rings. The van der Waals surface area contributed by atoms with Crippen LogP contribution in [-0.4, -0.2) is 41.5 Å². The fourth-order valence-electron chi connectivity index (χ4n) is 2.12. The molecular formula is C14H18N2O3. The zero-order valence-corrected chi connectivity index (χ0v) is 10.7. The normalized spacial score (nSPS) is 16.2. The molecule has 102 valence electrons. The highest BCUT2D eigenvalue weighted by Crippen LogP contribution is 2.12. The second-order valence-corrected chi connectivity index (χ2v) is 4.62. The van der Waals surface area contributed by atoms with Crippen molar-refractivity contribution in [2.75, 3.05) is 19.6 Å². The maximum atomic E-state index is 11.7. The van der Waals surface area contributed by atoms with Gasteiger partial charge in [0, 0.05) is 13.1 Å². The molecule has 1 atom stereocenters. The molecule has 0 saturated carbocycles. The molecule has 2 rings (SSSR count). The molecule has 5 heteroatoms. The van der Waals surface area contributed by atoms with Crippen LogP contribution in [0.3, 0.4) is 0 Å². The fourth-order valence-corrected chi connectivity index (χ4v) is 2.12. The Morgan fingerprint density at radius 2 is 1.84 bits per heavy atom. The summed E-state index contributed by atoms with van der Waals surface area (Å²) in [6.45, 7) is 1.47. The van der Waals surface area contributed by atoms with Crippen molar-refractivity contribution >= 4 is 11.8 Å². The summed E-state index contributed by atoms with van der Waals surface area (Å²) in [5.41, 5.74) is 0.522. The fraction of sp³-hybridized carbons (Fsp3) is 0.429. The SMILES string of the molecule is O=C(NCC(=O)N1CCCC1)[C@@H](O)c1ccccc1. The van der Waals surface area contributed by atoms with Crippen LogP contribution in [0.4, 0.5) is 0 Å². The highest BCUT2D eigenvalue weighted by atomic mass is 16.3. The van der Waals surface area contributed by atoms with Crippen molar-refractivity contribution in [3.05, 3.63) is 35.9 Å². The highest BCUT2D eigenvalue weighted by Gasteiger charge is 2.21. The van der Waals surface area contributed by atoms with Gasteiger partial charge < -0.3 is 15.3 Å². The first kappa shape index (κ1) is 13.5. The monoisotopic (exact) mass is 262 g/mol. The van der Waals surface area contributed by atoms with Crippen molar-refractivity contribution in [2.45, 2.75) is 18.9 Å². The van der Waals surface area contributed by atoms with E-state index in [0.717, 1.165) is 25.9 Å². The predicted octanol–water partition coefficient (Wildman–Crippen LogP) is 0.459. The molecule has 19 heavy (non-hydrogen) atoms. The summed E-state index contributed by atoms with van der Waals surface area (Å²) in [6, 6.07) is 8.66. The Labute approximate surface area is 112 Å². The Kier molecular flexibility index (Phi) is 4.52. The molecular weight excluding hydrogens is 244 g/mol.